The standard InChI is InChI=1S/C29H36N4O4S/c1-19-4-7-26(37-16-22-6-5-20(13-23(22)14-30)15-31-29(2,3)18-34)24(12-19)25-17-38-28(32-25)33-10-8-21(9-11-33)27(35)36/h4-7,12-13,17,21,28,31-32,34H,8-11,15-16,18H2,1-3H3,(H,35,36). The van der Waals surface area contributed by atoms with Crippen LogP contribution < -0.4 is 15.4 Å². The molecule has 4 rings (SSSR count). The first-order chi connectivity index (χ1) is 18.2. The molecule has 1 atom stereocenters. The summed E-state index contributed by atoms with van der Waals surface area (Å²) >= 11 is 1.69. The molecule has 0 radical (unpaired) electrons. The molecule has 2 aromatic rings. The Labute approximate surface area is 228 Å². The molecule has 0 spiro atoms. The van der Waals surface area contributed by atoms with E-state index in [0.29, 0.717) is 24.9 Å². The maximum absolute atomic E-state index is 11.3. The number of carboxylic acids is 1. The van der Waals surface area contributed by atoms with Crippen molar-refractivity contribution >= 4 is 23.4 Å². The number of nitriles is 1. The van der Waals surface area contributed by atoms with Crippen LogP contribution in [0.1, 0.15) is 54.5 Å². The summed E-state index contributed by atoms with van der Waals surface area (Å²) in [5.41, 5.74) is 5.08. The van der Waals surface area contributed by atoms with E-state index in [0.717, 1.165) is 46.8 Å². The summed E-state index contributed by atoms with van der Waals surface area (Å²) in [5.74, 6) is -0.217. The Hall–Kier alpha value is -3.03. The highest BCUT2D eigenvalue weighted by molar-refractivity contribution is 8.03. The predicted molar refractivity (Wildman–Crippen MR) is 149 cm³/mol. The second kappa shape index (κ2) is 12.2. The number of nitrogens with one attached hydrogen (secondary N) is 2. The SMILES string of the molecule is Cc1ccc(OCc2ccc(CNC(C)(C)CO)cc2C#N)c(C2=CSC(N3CCC(C(=O)O)CC3)N2)c1. The van der Waals surface area contributed by atoms with Gasteiger partial charge >= 0.3 is 5.97 Å². The molecule has 38 heavy (non-hydrogen) atoms. The first kappa shape index (κ1) is 28.0. The lowest BCUT2D eigenvalue weighted by molar-refractivity contribution is -0.143. The Kier molecular flexibility index (Phi) is 9.00. The van der Waals surface area contributed by atoms with Crippen molar-refractivity contribution < 1.29 is 19.7 Å². The van der Waals surface area contributed by atoms with Gasteiger partial charge in [-0.15, -0.1) is 0 Å². The van der Waals surface area contributed by atoms with Gasteiger partial charge in [-0.3, -0.25) is 9.69 Å². The minimum Gasteiger partial charge on any atom is -0.488 e. The number of aliphatic hydroxyl groups excluding tert-OH is 1. The number of piperidine rings is 1. The summed E-state index contributed by atoms with van der Waals surface area (Å²) in [5, 5.41) is 37.5. The first-order valence-electron chi connectivity index (χ1n) is 12.9. The second-order valence-electron chi connectivity index (χ2n) is 10.6. The van der Waals surface area contributed by atoms with Crippen molar-refractivity contribution in [2.45, 2.75) is 57.8 Å². The van der Waals surface area contributed by atoms with Crippen LogP contribution >= 0.6 is 11.8 Å². The number of rotatable bonds is 10. The number of carboxylic acid groups (broad SMARTS) is 1. The summed E-state index contributed by atoms with van der Waals surface area (Å²) in [4.78, 5) is 13.6. The third-order valence-electron chi connectivity index (χ3n) is 7.07. The number of aliphatic carboxylic acids is 1. The molecule has 4 N–H and O–H groups in total. The number of thioether (sulfide) groups is 1. The molecule has 2 aromatic carbocycles. The molecule has 202 valence electrons. The molecule has 1 fully saturated rings. The lowest BCUT2D eigenvalue weighted by Gasteiger charge is -2.34. The maximum atomic E-state index is 11.3. The zero-order chi connectivity index (χ0) is 27.3. The van der Waals surface area contributed by atoms with Crippen LogP contribution in [0, 0.1) is 24.2 Å². The fourth-order valence-electron chi connectivity index (χ4n) is 4.53. The van der Waals surface area contributed by atoms with Crippen molar-refractivity contribution in [3.05, 3.63) is 69.6 Å². The number of aryl methyl sites for hydroxylation is 1. The molecule has 0 bridgehead atoms. The molecule has 0 aromatic heterocycles. The summed E-state index contributed by atoms with van der Waals surface area (Å²) < 4.78 is 6.26. The van der Waals surface area contributed by atoms with Gasteiger partial charge in [0.25, 0.3) is 0 Å². The maximum Gasteiger partial charge on any atom is 0.306 e. The molecule has 9 heteroatoms. The van der Waals surface area contributed by atoms with E-state index in [9.17, 15) is 20.3 Å². The van der Waals surface area contributed by atoms with Gasteiger partial charge in [0.1, 0.15) is 17.9 Å². The van der Waals surface area contributed by atoms with Crippen LogP contribution in [0.15, 0.2) is 41.8 Å². The molecule has 1 unspecified atom stereocenters. The normalized spacial score (nSPS) is 18.5. The third kappa shape index (κ3) is 6.88. The van der Waals surface area contributed by atoms with Gasteiger partial charge in [-0.25, -0.2) is 0 Å². The summed E-state index contributed by atoms with van der Waals surface area (Å²) in [6, 6.07) is 14.1. The predicted octanol–water partition coefficient (Wildman–Crippen LogP) is 4.02. The van der Waals surface area contributed by atoms with Gasteiger partial charge in [0, 0.05) is 36.3 Å². The Balaban J connectivity index is 1.41. The topological polar surface area (TPSA) is 118 Å². The fraction of sp³-hybridized carbons (Fsp3) is 0.448. The number of hydrogen-bond acceptors (Lipinski definition) is 8. The van der Waals surface area contributed by atoms with Gasteiger partial charge < -0.3 is 25.6 Å². The summed E-state index contributed by atoms with van der Waals surface area (Å²) in [6.07, 6.45) is 1.33. The minimum atomic E-state index is -0.700. The molecule has 2 aliphatic heterocycles. The van der Waals surface area contributed by atoms with E-state index >= 15 is 0 Å². The Morgan fingerprint density at radius 2 is 2.03 bits per heavy atom. The minimum absolute atomic E-state index is 0.0245. The number of likely N-dealkylation sites (tertiary alicyclic amines) is 1. The summed E-state index contributed by atoms with van der Waals surface area (Å²) in [7, 11) is 0. The lowest BCUT2D eigenvalue weighted by atomic mass is 9.97. The van der Waals surface area contributed by atoms with E-state index in [1.807, 2.05) is 51.1 Å². The van der Waals surface area contributed by atoms with Gasteiger partial charge in [-0.2, -0.15) is 5.26 Å². The molecule has 0 amide bonds. The zero-order valence-corrected chi connectivity index (χ0v) is 23.0. The number of ether oxygens (including phenoxy) is 1. The number of nitrogens with zero attached hydrogens (tertiary/aromatic N) is 2. The monoisotopic (exact) mass is 536 g/mol. The van der Waals surface area contributed by atoms with Crippen molar-refractivity contribution in [1.29, 1.82) is 5.26 Å². The molecular formula is C29H36N4O4S. The number of carbonyl (C=O) groups is 1. The highest BCUT2D eigenvalue weighted by Crippen LogP contribution is 2.36. The van der Waals surface area contributed by atoms with E-state index < -0.39 is 11.5 Å². The van der Waals surface area contributed by atoms with Gasteiger partial charge in [0.2, 0.25) is 0 Å². The van der Waals surface area contributed by atoms with Crippen LogP contribution in [0.4, 0.5) is 0 Å². The largest absolute Gasteiger partial charge is 0.488 e. The van der Waals surface area contributed by atoms with Crippen molar-refractivity contribution in [3.63, 3.8) is 0 Å². The van der Waals surface area contributed by atoms with Crippen molar-refractivity contribution in [2.24, 2.45) is 5.92 Å². The zero-order valence-electron chi connectivity index (χ0n) is 22.2. The number of hydrogen-bond donors (Lipinski definition) is 4. The van der Waals surface area contributed by atoms with Crippen molar-refractivity contribution in [1.82, 2.24) is 15.5 Å². The van der Waals surface area contributed by atoms with Gasteiger partial charge in [0.15, 0.2) is 0 Å². The van der Waals surface area contributed by atoms with E-state index in [1.165, 1.54) is 0 Å². The molecule has 8 nitrogen and oxygen atoms in total. The van der Waals surface area contributed by atoms with Crippen molar-refractivity contribution in [2.75, 3.05) is 19.7 Å². The molecule has 1 saturated heterocycles. The average Bonchev–Trinajstić information content (AvgIpc) is 3.42. The Morgan fingerprint density at radius 1 is 1.26 bits per heavy atom. The highest BCUT2D eigenvalue weighted by atomic mass is 32.2. The number of benzene rings is 2. The van der Waals surface area contributed by atoms with Crippen LogP contribution in [-0.2, 0) is 17.9 Å². The smallest absolute Gasteiger partial charge is 0.306 e. The highest BCUT2D eigenvalue weighted by Gasteiger charge is 2.31. The average molecular weight is 537 g/mol. The molecule has 2 heterocycles. The number of aliphatic hydroxyl groups is 1. The van der Waals surface area contributed by atoms with Crippen LogP contribution in [-0.4, -0.2) is 51.8 Å². The molecule has 2 aliphatic rings. The van der Waals surface area contributed by atoms with E-state index in [2.05, 4.69) is 33.1 Å². The van der Waals surface area contributed by atoms with Crippen LogP contribution in [0.3, 0.4) is 0 Å². The fourth-order valence-corrected chi connectivity index (χ4v) is 5.57. The Morgan fingerprint density at radius 3 is 2.71 bits per heavy atom. The van der Waals surface area contributed by atoms with E-state index in [4.69, 9.17) is 4.74 Å². The third-order valence-corrected chi connectivity index (χ3v) is 8.12. The molecular weight excluding hydrogens is 500 g/mol. The van der Waals surface area contributed by atoms with Gasteiger partial charge in [-0.05, 0) is 62.8 Å². The second-order valence-corrected chi connectivity index (χ2v) is 11.6. The van der Waals surface area contributed by atoms with Gasteiger partial charge in [-0.1, -0.05) is 35.5 Å². The summed E-state index contributed by atoms with van der Waals surface area (Å²) in [6.45, 7) is 8.24. The molecule has 0 aliphatic carbocycles. The Bertz CT molecular complexity index is 1230. The lowest BCUT2D eigenvalue weighted by Crippen LogP contribution is -2.45. The first-order valence-corrected chi connectivity index (χ1v) is 13.8. The van der Waals surface area contributed by atoms with Gasteiger partial charge in [0.05, 0.1) is 29.9 Å². The van der Waals surface area contributed by atoms with Crippen molar-refractivity contribution in [3.8, 4) is 11.8 Å². The molecule has 0 saturated carbocycles. The van der Waals surface area contributed by atoms with E-state index in [1.54, 1.807) is 11.8 Å². The van der Waals surface area contributed by atoms with Crippen LogP contribution in [0.25, 0.3) is 5.70 Å². The quantitative estimate of drug-likeness (QED) is 0.357. The van der Waals surface area contributed by atoms with Crippen LogP contribution in [0.5, 0.6) is 5.75 Å². The van der Waals surface area contributed by atoms with E-state index in [-0.39, 0.29) is 24.6 Å². The van der Waals surface area contributed by atoms with Crippen LogP contribution in [0.2, 0.25) is 0 Å².